The molecule has 2 fully saturated rings. The average Bonchev–Trinajstić information content (AvgIpc) is 3.29. The summed E-state index contributed by atoms with van der Waals surface area (Å²) in [6.45, 7) is 6.47. The molecule has 5 nitrogen and oxygen atoms in total. The Hall–Kier alpha value is -2.63. The lowest BCUT2D eigenvalue weighted by Crippen LogP contribution is -2.31. The summed E-state index contributed by atoms with van der Waals surface area (Å²) in [6.07, 6.45) is 15.7. The van der Waals surface area contributed by atoms with E-state index in [1.54, 1.807) is 6.08 Å². The zero-order valence-corrected chi connectivity index (χ0v) is 21.4. The van der Waals surface area contributed by atoms with E-state index in [-0.39, 0.29) is 17.3 Å². The van der Waals surface area contributed by atoms with Crippen LogP contribution in [0.2, 0.25) is 0 Å². The van der Waals surface area contributed by atoms with E-state index >= 15 is 0 Å². The molecule has 1 aromatic rings. The van der Waals surface area contributed by atoms with Gasteiger partial charge in [0.2, 0.25) is 0 Å². The predicted octanol–water partition coefficient (Wildman–Crippen LogP) is 5.26. The second kappa shape index (κ2) is 11.6. The molecule has 0 N–H and O–H groups in total. The molecule has 2 aliphatic heterocycles. The summed E-state index contributed by atoms with van der Waals surface area (Å²) in [5.74, 6) is -0.0825. The highest BCUT2D eigenvalue weighted by Gasteiger charge is 2.31. The van der Waals surface area contributed by atoms with Gasteiger partial charge in [0.1, 0.15) is 0 Å². The molecule has 0 bridgehead atoms. The summed E-state index contributed by atoms with van der Waals surface area (Å²) >= 11 is 0. The molecule has 1 aromatic carbocycles. The molecule has 4 aliphatic rings. The van der Waals surface area contributed by atoms with Crippen molar-refractivity contribution >= 4 is 29.0 Å². The molecular weight excluding hydrogens is 448 g/mol. The number of Topliss-reactive ketones (excluding diaryl/α,β-unsaturated/α-hetero) is 3. The summed E-state index contributed by atoms with van der Waals surface area (Å²) in [6, 6.07) is 5.75. The fraction of sp³-hybridized carbons (Fsp3) is 0.516. The van der Waals surface area contributed by atoms with Gasteiger partial charge in [-0.15, -0.1) is 0 Å². The van der Waals surface area contributed by atoms with Crippen LogP contribution in [0.25, 0.3) is 11.6 Å². The minimum atomic E-state index is -0.180. The Morgan fingerprint density at radius 3 is 1.97 bits per heavy atom. The molecule has 2 aliphatic carbocycles. The molecular formula is C31H38N2O3. The smallest absolute Gasteiger partial charge is 0.197 e. The number of piperidine rings is 2. The first-order valence-electron chi connectivity index (χ1n) is 13.9. The van der Waals surface area contributed by atoms with Crippen molar-refractivity contribution in [2.75, 3.05) is 39.3 Å². The zero-order chi connectivity index (χ0) is 24.9. The van der Waals surface area contributed by atoms with Crippen LogP contribution in [0.5, 0.6) is 0 Å². The molecule has 5 heteroatoms. The Morgan fingerprint density at radius 1 is 0.722 bits per heavy atom. The molecule has 0 radical (unpaired) electrons. The lowest BCUT2D eigenvalue weighted by Gasteiger charge is -2.26. The summed E-state index contributed by atoms with van der Waals surface area (Å²) in [7, 11) is 0. The number of fused-ring (bicyclic) bond motifs is 3. The number of rotatable bonds is 10. The second-order valence-corrected chi connectivity index (χ2v) is 10.7. The number of nitrogens with zero attached hydrogens (tertiary/aromatic N) is 2. The summed E-state index contributed by atoms with van der Waals surface area (Å²) in [4.78, 5) is 43.8. The third-order valence-electron chi connectivity index (χ3n) is 8.11. The van der Waals surface area contributed by atoms with Crippen LogP contribution in [0.15, 0.2) is 41.5 Å². The van der Waals surface area contributed by atoms with E-state index < -0.39 is 0 Å². The fourth-order valence-corrected chi connectivity index (χ4v) is 6.03. The zero-order valence-electron chi connectivity index (χ0n) is 21.4. The van der Waals surface area contributed by atoms with E-state index in [1.807, 2.05) is 30.4 Å². The third-order valence-corrected chi connectivity index (χ3v) is 8.11. The van der Waals surface area contributed by atoms with Gasteiger partial charge < -0.3 is 9.80 Å². The van der Waals surface area contributed by atoms with Crippen LogP contribution in [-0.2, 0) is 9.59 Å². The summed E-state index contributed by atoms with van der Waals surface area (Å²) < 4.78 is 0. The summed E-state index contributed by atoms with van der Waals surface area (Å²) in [5.41, 5.74) is 4.32. The van der Waals surface area contributed by atoms with E-state index in [9.17, 15) is 14.4 Å². The predicted molar refractivity (Wildman–Crippen MR) is 144 cm³/mol. The van der Waals surface area contributed by atoms with Crippen LogP contribution >= 0.6 is 0 Å². The lowest BCUT2D eigenvalue weighted by atomic mass is 9.88. The van der Waals surface area contributed by atoms with E-state index in [0.29, 0.717) is 29.6 Å². The highest BCUT2D eigenvalue weighted by Crippen LogP contribution is 2.40. The van der Waals surface area contributed by atoms with Gasteiger partial charge in [0.25, 0.3) is 0 Å². The molecule has 190 valence electrons. The molecule has 0 spiro atoms. The van der Waals surface area contributed by atoms with E-state index in [0.717, 1.165) is 68.8 Å². The molecule has 0 saturated carbocycles. The highest BCUT2D eigenvalue weighted by molar-refractivity contribution is 6.35. The Balaban J connectivity index is 1.18. The van der Waals surface area contributed by atoms with Crippen molar-refractivity contribution in [3.8, 4) is 0 Å². The number of ketones is 3. The Morgan fingerprint density at radius 2 is 1.33 bits per heavy atom. The molecule has 2 heterocycles. The van der Waals surface area contributed by atoms with Crippen LogP contribution in [0.3, 0.4) is 0 Å². The third kappa shape index (κ3) is 5.68. The molecule has 0 aromatic heterocycles. The molecule has 0 amide bonds. The first kappa shape index (κ1) is 25.0. The van der Waals surface area contributed by atoms with Crippen LogP contribution < -0.4 is 0 Å². The Bertz CT molecular complexity index is 1110. The minimum absolute atomic E-state index is 0.0614. The van der Waals surface area contributed by atoms with Gasteiger partial charge in [-0.25, -0.2) is 0 Å². The molecule has 5 rings (SSSR count). The van der Waals surface area contributed by atoms with Crippen LogP contribution in [0.1, 0.15) is 85.7 Å². The topological polar surface area (TPSA) is 57.7 Å². The maximum absolute atomic E-state index is 13.2. The van der Waals surface area contributed by atoms with Crippen molar-refractivity contribution in [1.29, 1.82) is 0 Å². The number of hydrogen-bond donors (Lipinski definition) is 0. The molecule has 0 atom stereocenters. The first-order chi connectivity index (χ1) is 17.6. The maximum atomic E-state index is 13.2. The van der Waals surface area contributed by atoms with E-state index in [1.165, 1.54) is 38.5 Å². The largest absolute Gasteiger partial charge is 0.303 e. The van der Waals surface area contributed by atoms with Gasteiger partial charge in [0.05, 0.1) is 5.57 Å². The van der Waals surface area contributed by atoms with Crippen LogP contribution in [0, 0.1) is 0 Å². The number of allylic oxidation sites excluding steroid dienone is 5. The van der Waals surface area contributed by atoms with Gasteiger partial charge >= 0.3 is 0 Å². The number of benzene rings is 1. The van der Waals surface area contributed by atoms with Crippen molar-refractivity contribution < 1.29 is 14.4 Å². The van der Waals surface area contributed by atoms with Gasteiger partial charge in [0, 0.05) is 24.0 Å². The van der Waals surface area contributed by atoms with Crippen molar-refractivity contribution in [2.24, 2.45) is 0 Å². The Kier molecular flexibility index (Phi) is 8.08. The number of likely N-dealkylation sites (tertiary alicyclic amines) is 2. The van der Waals surface area contributed by atoms with E-state index in [4.69, 9.17) is 0 Å². The normalized spacial score (nSPS) is 20.3. The monoisotopic (exact) mass is 486 g/mol. The molecule has 0 unspecified atom stereocenters. The van der Waals surface area contributed by atoms with Gasteiger partial charge in [0.15, 0.2) is 17.3 Å². The standard InChI is InChI=1S/C31H38N2O3/c34-29(9-7-19-32-15-3-1-4-16-32)23-11-12-25-24(21-23)22-28-26(25)13-14-27(31(28)36)30(35)10-8-20-33-17-5-2-6-18-33/h11-14,21-22H,1-10,15-20H2. The SMILES string of the molecule is O=C(CCCN1CCCCC1)C1=CC=C2C(=Cc3cc(C(=O)CCCN4CCCCC4)ccc32)C1=O. The maximum Gasteiger partial charge on any atom is 0.197 e. The van der Waals surface area contributed by atoms with Crippen molar-refractivity contribution in [2.45, 2.75) is 64.2 Å². The van der Waals surface area contributed by atoms with Gasteiger partial charge in [-0.3, -0.25) is 14.4 Å². The summed E-state index contributed by atoms with van der Waals surface area (Å²) in [5, 5.41) is 0. The van der Waals surface area contributed by atoms with Gasteiger partial charge in [-0.1, -0.05) is 31.1 Å². The van der Waals surface area contributed by atoms with Crippen molar-refractivity contribution in [3.63, 3.8) is 0 Å². The lowest BCUT2D eigenvalue weighted by molar-refractivity contribution is -0.119. The number of hydrogen-bond acceptors (Lipinski definition) is 5. The van der Waals surface area contributed by atoms with E-state index in [2.05, 4.69) is 9.80 Å². The Labute approximate surface area is 214 Å². The van der Waals surface area contributed by atoms with Crippen LogP contribution in [-0.4, -0.2) is 66.4 Å². The molecule has 2 saturated heterocycles. The van der Waals surface area contributed by atoms with Gasteiger partial charge in [-0.05, 0) is 113 Å². The first-order valence-corrected chi connectivity index (χ1v) is 13.9. The highest BCUT2D eigenvalue weighted by atomic mass is 16.1. The average molecular weight is 487 g/mol. The fourth-order valence-electron chi connectivity index (χ4n) is 6.03. The minimum Gasteiger partial charge on any atom is -0.303 e. The quantitative estimate of drug-likeness (QED) is 0.334. The van der Waals surface area contributed by atoms with Crippen molar-refractivity contribution in [3.05, 3.63) is 58.2 Å². The number of carbonyl (C=O) groups is 3. The molecule has 36 heavy (non-hydrogen) atoms. The van der Waals surface area contributed by atoms with Crippen LogP contribution in [0.4, 0.5) is 0 Å². The number of carbonyl (C=O) groups excluding carboxylic acids is 3. The van der Waals surface area contributed by atoms with Gasteiger partial charge in [-0.2, -0.15) is 0 Å². The van der Waals surface area contributed by atoms with Crippen molar-refractivity contribution in [1.82, 2.24) is 9.80 Å². The second-order valence-electron chi connectivity index (χ2n) is 10.7.